The second-order valence-electron chi connectivity index (χ2n) is 4.45. The number of halogens is 3. The highest BCUT2D eigenvalue weighted by molar-refractivity contribution is 7.89. The lowest BCUT2D eigenvalue weighted by atomic mass is 10.1. The molecule has 0 saturated carbocycles. The molecule has 3 nitrogen and oxygen atoms in total. The molecule has 112 valence electrons. The summed E-state index contributed by atoms with van der Waals surface area (Å²) in [5, 5.41) is 0.451. The van der Waals surface area contributed by atoms with E-state index >= 15 is 0 Å². The van der Waals surface area contributed by atoms with Crippen molar-refractivity contribution in [1.82, 2.24) is 4.72 Å². The molecule has 0 atom stereocenters. The maximum atomic E-state index is 13.5. The van der Waals surface area contributed by atoms with Crippen LogP contribution in [0.5, 0.6) is 0 Å². The molecule has 0 bridgehead atoms. The zero-order valence-electron chi connectivity index (χ0n) is 11.0. The molecule has 21 heavy (non-hydrogen) atoms. The topological polar surface area (TPSA) is 46.2 Å². The summed E-state index contributed by atoms with van der Waals surface area (Å²) < 4.78 is 53.3. The molecule has 0 aliphatic rings. The van der Waals surface area contributed by atoms with Gasteiger partial charge in [-0.25, -0.2) is 21.9 Å². The van der Waals surface area contributed by atoms with Crippen LogP contribution in [-0.4, -0.2) is 8.42 Å². The lowest BCUT2D eigenvalue weighted by Crippen LogP contribution is -2.25. The average Bonchev–Trinajstić information content (AvgIpc) is 2.39. The van der Waals surface area contributed by atoms with Crippen molar-refractivity contribution in [2.24, 2.45) is 0 Å². The van der Waals surface area contributed by atoms with Crippen molar-refractivity contribution in [3.8, 4) is 0 Å². The van der Waals surface area contributed by atoms with Crippen LogP contribution in [0.25, 0.3) is 0 Å². The van der Waals surface area contributed by atoms with E-state index in [1.807, 2.05) is 0 Å². The molecule has 0 aromatic heterocycles. The van der Waals surface area contributed by atoms with Crippen LogP contribution in [0.2, 0.25) is 5.02 Å². The molecular weight excluding hydrogens is 320 g/mol. The fourth-order valence-corrected chi connectivity index (χ4v) is 3.15. The fourth-order valence-electron chi connectivity index (χ4n) is 1.81. The summed E-state index contributed by atoms with van der Waals surface area (Å²) in [5.74, 6) is -2.27. The van der Waals surface area contributed by atoms with Crippen molar-refractivity contribution >= 4 is 21.6 Å². The molecule has 0 aliphatic carbocycles. The number of rotatable bonds is 4. The van der Waals surface area contributed by atoms with Gasteiger partial charge >= 0.3 is 0 Å². The molecule has 0 radical (unpaired) electrons. The highest BCUT2D eigenvalue weighted by Gasteiger charge is 2.23. The van der Waals surface area contributed by atoms with Crippen LogP contribution < -0.4 is 4.72 Å². The second-order valence-corrected chi connectivity index (χ2v) is 6.59. The Morgan fingerprint density at radius 3 is 2.38 bits per heavy atom. The predicted molar refractivity (Wildman–Crippen MR) is 76.6 cm³/mol. The lowest BCUT2D eigenvalue weighted by molar-refractivity contribution is 0.514. The van der Waals surface area contributed by atoms with Gasteiger partial charge in [-0.3, -0.25) is 0 Å². The lowest BCUT2D eigenvalue weighted by Gasteiger charge is -2.10. The number of benzene rings is 2. The van der Waals surface area contributed by atoms with Crippen LogP contribution in [0, 0.1) is 18.6 Å². The minimum absolute atomic E-state index is 0.109. The van der Waals surface area contributed by atoms with Gasteiger partial charge in [0.1, 0.15) is 11.6 Å². The Morgan fingerprint density at radius 1 is 1.14 bits per heavy atom. The molecule has 0 unspecified atom stereocenters. The normalized spacial score (nSPS) is 11.6. The van der Waals surface area contributed by atoms with Crippen LogP contribution in [0.1, 0.15) is 11.1 Å². The summed E-state index contributed by atoms with van der Waals surface area (Å²) in [6.07, 6.45) is 0. The quantitative estimate of drug-likeness (QED) is 0.933. The molecule has 0 fully saturated rings. The Labute approximate surface area is 126 Å². The Morgan fingerprint density at radius 2 is 1.76 bits per heavy atom. The van der Waals surface area contributed by atoms with E-state index < -0.39 is 26.6 Å². The van der Waals surface area contributed by atoms with E-state index in [0.717, 1.165) is 23.8 Å². The van der Waals surface area contributed by atoms with Crippen molar-refractivity contribution in [2.75, 3.05) is 0 Å². The van der Waals surface area contributed by atoms with E-state index in [1.54, 1.807) is 25.1 Å². The van der Waals surface area contributed by atoms with Gasteiger partial charge < -0.3 is 0 Å². The van der Waals surface area contributed by atoms with E-state index in [2.05, 4.69) is 4.72 Å². The SMILES string of the molecule is Cc1ccc(Cl)cc1CNS(=O)(=O)c1c(F)cccc1F. The van der Waals surface area contributed by atoms with Gasteiger partial charge in [-0.2, -0.15) is 0 Å². The van der Waals surface area contributed by atoms with Crippen molar-refractivity contribution < 1.29 is 17.2 Å². The third-order valence-electron chi connectivity index (χ3n) is 2.95. The van der Waals surface area contributed by atoms with Crippen LogP contribution in [0.15, 0.2) is 41.3 Å². The third-order valence-corrected chi connectivity index (χ3v) is 4.64. The molecule has 0 saturated heterocycles. The maximum Gasteiger partial charge on any atom is 0.246 e. The number of hydrogen-bond acceptors (Lipinski definition) is 2. The summed E-state index contributed by atoms with van der Waals surface area (Å²) in [6.45, 7) is 1.67. The van der Waals surface area contributed by atoms with Gasteiger partial charge in [-0.05, 0) is 42.3 Å². The fraction of sp³-hybridized carbons (Fsp3) is 0.143. The molecule has 7 heteroatoms. The number of hydrogen-bond donors (Lipinski definition) is 1. The van der Waals surface area contributed by atoms with Crippen LogP contribution in [0.4, 0.5) is 8.78 Å². The van der Waals surface area contributed by atoms with Crippen LogP contribution in [-0.2, 0) is 16.6 Å². The first-order valence-corrected chi connectivity index (χ1v) is 7.86. The number of aryl methyl sites for hydroxylation is 1. The third kappa shape index (κ3) is 3.58. The Kier molecular flexibility index (Phi) is 4.61. The summed E-state index contributed by atoms with van der Waals surface area (Å²) in [5.41, 5.74) is 1.44. The number of nitrogens with one attached hydrogen (secondary N) is 1. The molecule has 0 spiro atoms. The van der Waals surface area contributed by atoms with Gasteiger partial charge in [-0.15, -0.1) is 0 Å². The minimum atomic E-state index is -4.29. The first-order chi connectivity index (χ1) is 9.81. The molecule has 0 aliphatic heterocycles. The summed E-state index contributed by atoms with van der Waals surface area (Å²) in [6, 6.07) is 7.88. The van der Waals surface area contributed by atoms with Crippen molar-refractivity contribution in [3.05, 3.63) is 64.2 Å². The van der Waals surface area contributed by atoms with E-state index in [9.17, 15) is 17.2 Å². The van der Waals surface area contributed by atoms with Gasteiger partial charge in [0.15, 0.2) is 4.90 Å². The summed E-state index contributed by atoms with van der Waals surface area (Å²) in [7, 11) is -4.29. The summed E-state index contributed by atoms with van der Waals surface area (Å²) in [4.78, 5) is -0.982. The number of sulfonamides is 1. The van der Waals surface area contributed by atoms with Crippen LogP contribution >= 0.6 is 11.6 Å². The monoisotopic (exact) mass is 331 g/mol. The zero-order chi connectivity index (χ0) is 15.6. The smallest absolute Gasteiger partial charge is 0.207 e. The Bertz CT molecular complexity index is 758. The minimum Gasteiger partial charge on any atom is -0.207 e. The largest absolute Gasteiger partial charge is 0.246 e. The first-order valence-electron chi connectivity index (χ1n) is 6.00. The molecule has 2 aromatic carbocycles. The molecule has 0 amide bonds. The van der Waals surface area contributed by atoms with E-state index in [-0.39, 0.29) is 6.54 Å². The molecule has 1 N–H and O–H groups in total. The molecule has 2 rings (SSSR count). The first kappa shape index (κ1) is 15.9. The average molecular weight is 332 g/mol. The standard InChI is InChI=1S/C14H12ClF2NO2S/c1-9-5-6-11(15)7-10(9)8-18-21(19,20)14-12(16)3-2-4-13(14)17/h2-7,18H,8H2,1H3. The van der Waals surface area contributed by atoms with Crippen molar-refractivity contribution in [2.45, 2.75) is 18.4 Å². The highest BCUT2D eigenvalue weighted by atomic mass is 35.5. The Balaban J connectivity index is 2.28. The second kappa shape index (κ2) is 6.09. The van der Waals surface area contributed by atoms with Gasteiger partial charge in [0.05, 0.1) is 0 Å². The van der Waals surface area contributed by atoms with E-state index in [4.69, 9.17) is 11.6 Å². The maximum absolute atomic E-state index is 13.5. The Hall–Kier alpha value is -1.50. The van der Waals surface area contributed by atoms with Gasteiger partial charge in [-0.1, -0.05) is 23.7 Å². The van der Waals surface area contributed by atoms with Crippen molar-refractivity contribution in [3.63, 3.8) is 0 Å². The highest BCUT2D eigenvalue weighted by Crippen LogP contribution is 2.20. The van der Waals surface area contributed by atoms with E-state index in [0.29, 0.717) is 10.6 Å². The van der Waals surface area contributed by atoms with Crippen molar-refractivity contribution in [1.29, 1.82) is 0 Å². The van der Waals surface area contributed by atoms with Gasteiger partial charge in [0.25, 0.3) is 0 Å². The molecule has 2 aromatic rings. The van der Waals surface area contributed by atoms with Gasteiger partial charge in [0.2, 0.25) is 10.0 Å². The molecule has 0 heterocycles. The summed E-state index contributed by atoms with van der Waals surface area (Å²) >= 11 is 5.84. The van der Waals surface area contributed by atoms with Gasteiger partial charge in [0, 0.05) is 11.6 Å². The zero-order valence-corrected chi connectivity index (χ0v) is 12.6. The van der Waals surface area contributed by atoms with Crippen LogP contribution in [0.3, 0.4) is 0 Å². The molecular formula is C14H12ClF2NO2S. The predicted octanol–water partition coefficient (Wildman–Crippen LogP) is 3.41. The van der Waals surface area contributed by atoms with E-state index in [1.165, 1.54) is 0 Å².